The van der Waals surface area contributed by atoms with Crippen molar-refractivity contribution in [1.29, 1.82) is 5.26 Å². The van der Waals surface area contributed by atoms with Crippen LogP contribution in [0.5, 0.6) is 0 Å². The Morgan fingerprint density at radius 3 is 2.13 bits per heavy atom. The number of hydrogen-bond donors (Lipinski definition) is 1. The van der Waals surface area contributed by atoms with Gasteiger partial charge in [-0.05, 0) is 25.5 Å². The van der Waals surface area contributed by atoms with Crippen LogP contribution in [-0.4, -0.2) is 11.9 Å². The summed E-state index contributed by atoms with van der Waals surface area (Å²) in [7, 11) is 0. The molecule has 0 spiro atoms. The summed E-state index contributed by atoms with van der Waals surface area (Å²) in [5.41, 5.74) is 0.127. The van der Waals surface area contributed by atoms with Gasteiger partial charge in [0.15, 0.2) is 0 Å². The normalized spacial score (nSPS) is 15.2. The van der Waals surface area contributed by atoms with Gasteiger partial charge in [0.2, 0.25) is 0 Å². The molecule has 6 nitrogen and oxygen atoms in total. The molecule has 0 aromatic heterocycles. The van der Waals surface area contributed by atoms with E-state index in [1.807, 2.05) is 6.07 Å². The first-order chi connectivity index (χ1) is 10.8. The predicted octanol–water partition coefficient (Wildman–Crippen LogP) is -0.0537. The van der Waals surface area contributed by atoms with E-state index in [4.69, 9.17) is 11.6 Å². The number of carboxylic acid groups (broad SMARTS) is 2. The van der Waals surface area contributed by atoms with Crippen molar-refractivity contribution in [3.05, 3.63) is 56.9 Å². The molecular weight excluding hydrogens is 320 g/mol. The van der Waals surface area contributed by atoms with Crippen LogP contribution in [0.2, 0.25) is 5.02 Å². The molecule has 0 amide bonds. The van der Waals surface area contributed by atoms with E-state index in [1.54, 1.807) is 0 Å². The quantitative estimate of drug-likeness (QED) is 0.830. The number of carboxylic acids is 2. The Morgan fingerprint density at radius 2 is 1.70 bits per heavy atom. The standard InChI is InChI=1S/C16H13ClN2O4/c1-7-12(15(20)21)14(13(16(22)23)8(2)19-7)9-4-3-5-11(17)10(9)6-18/h3-5,14,19H,1-2H3,(H,20,21)(H,22,23)/p-2. The average molecular weight is 331 g/mol. The third-order valence-corrected chi connectivity index (χ3v) is 3.98. The van der Waals surface area contributed by atoms with Gasteiger partial charge in [0, 0.05) is 28.5 Å². The number of nitrogens with zero attached hydrogens (tertiary/aromatic N) is 1. The van der Waals surface area contributed by atoms with Crippen molar-refractivity contribution in [3.8, 4) is 6.07 Å². The zero-order valence-electron chi connectivity index (χ0n) is 12.3. The molecule has 0 radical (unpaired) electrons. The summed E-state index contributed by atoms with van der Waals surface area (Å²) in [6.45, 7) is 2.98. The van der Waals surface area contributed by atoms with Gasteiger partial charge in [0.25, 0.3) is 0 Å². The highest BCUT2D eigenvalue weighted by Crippen LogP contribution is 2.40. The van der Waals surface area contributed by atoms with E-state index < -0.39 is 17.9 Å². The number of dihydropyridines is 1. The van der Waals surface area contributed by atoms with Crippen molar-refractivity contribution in [1.82, 2.24) is 5.32 Å². The average Bonchev–Trinajstić information content (AvgIpc) is 2.45. The van der Waals surface area contributed by atoms with Crippen LogP contribution in [0.15, 0.2) is 40.7 Å². The lowest BCUT2D eigenvalue weighted by Crippen LogP contribution is -2.40. The molecular formula is C16H11ClN2O4-2. The molecule has 7 heteroatoms. The van der Waals surface area contributed by atoms with Gasteiger partial charge in [0.1, 0.15) is 6.07 Å². The number of nitriles is 1. The van der Waals surface area contributed by atoms with Crippen LogP contribution in [0.1, 0.15) is 30.9 Å². The second-order valence-corrected chi connectivity index (χ2v) is 5.43. The first-order valence-corrected chi connectivity index (χ1v) is 6.97. The molecule has 0 saturated heterocycles. The van der Waals surface area contributed by atoms with Crippen LogP contribution in [0.3, 0.4) is 0 Å². The van der Waals surface area contributed by atoms with Gasteiger partial charge in [-0.25, -0.2) is 0 Å². The van der Waals surface area contributed by atoms with Gasteiger partial charge in [-0.1, -0.05) is 23.7 Å². The van der Waals surface area contributed by atoms with E-state index in [0.29, 0.717) is 0 Å². The Hall–Kier alpha value is -2.78. The maximum Gasteiger partial charge on any atom is 0.101 e. The number of carbonyl (C=O) groups excluding carboxylic acids is 2. The first-order valence-electron chi connectivity index (χ1n) is 6.59. The minimum Gasteiger partial charge on any atom is -0.545 e. The predicted molar refractivity (Wildman–Crippen MR) is 77.5 cm³/mol. The van der Waals surface area contributed by atoms with Crippen LogP contribution >= 0.6 is 11.6 Å². The largest absolute Gasteiger partial charge is 0.545 e. The fourth-order valence-electron chi connectivity index (χ4n) is 2.75. The minimum absolute atomic E-state index is 0.0131. The number of hydrogen-bond acceptors (Lipinski definition) is 6. The summed E-state index contributed by atoms with van der Waals surface area (Å²) in [5, 5.41) is 35.2. The maximum absolute atomic E-state index is 11.5. The van der Waals surface area contributed by atoms with E-state index in [0.717, 1.165) is 0 Å². The second-order valence-electron chi connectivity index (χ2n) is 5.03. The molecule has 1 aliphatic rings. The Morgan fingerprint density at radius 1 is 1.17 bits per heavy atom. The lowest BCUT2D eigenvalue weighted by Gasteiger charge is -2.34. The van der Waals surface area contributed by atoms with Crippen LogP contribution in [0.25, 0.3) is 0 Å². The highest BCUT2D eigenvalue weighted by molar-refractivity contribution is 6.31. The van der Waals surface area contributed by atoms with Crippen molar-refractivity contribution in [2.45, 2.75) is 19.8 Å². The molecule has 0 aliphatic carbocycles. The molecule has 1 aromatic carbocycles. The first kappa shape index (κ1) is 16.6. The molecule has 1 aliphatic heterocycles. The van der Waals surface area contributed by atoms with E-state index in [1.165, 1.54) is 32.0 Å². The van der Waals surface area contributed by atoms with Gasteiger partial charge < -0.3 is 25.1 Å². The molecule has 1 heterocycles. The smallest absolute Gasteiger partial charge is 0.101 e. The third kappa shape index (κ3) is 2.79. The SMILES string of the molecule is CC1=C(C(=O)[O-])C(c2cccc(Cl)c2C#N)C(C(=O)[O-])=C(C)N1. The second kappa shape index (κ2) is 6.15. The molecule has 1 aromatic rings. The van der Waals surface area contributed by atoms with E-state index in [9.17, 15) is 25.1 Å². The zero-order chi connectivity index (χ0) is 17.3. The Kier molecular flexibility index (Phi) is 4.43. The summed E-state index contributed by atoms with van der Waals surface area (Å²) < 4.78 is 0. The van der Waals surface area contributed by atoms with Crippen LogP contribution in [0, 0.1) is 11.3 Å². The molecule has 0 bridgehead atoms. The zero-order valence-corrected chi connectivity index (χ0v) is 13.0. The van der Waals surface area contributed by atoms with Crippen molar-refractivity contribution in [2.75, 3.05) is 0 Å². The third-order valence-electron chi connectivity index (χ3n) is 3.67. The summed E-state index contributed by atoms with van der Waals surface area (Å²) >= 11 is 5.98. The molecule has 2 rings (SSSR count). The monoisotopic (exact) mass is 330 g/mol. The Bertz CT molecular complexity index is 782. The van der Waals surface area contributed by atoms with Gasteiger partial charge in [0.05, 0.1) is 22.5 Å². The van der Waals surface area contributed by atoms with Crippen molar-refractivity contribution >= 4 is 23.5 Å². The summed E-state index contributed by atoms with van der Waals surface area (Å²) in [6, 6.07) is 6.34. The highest BCUT2D eigenvalue weighted by atomic mass is 35.5. The lowest BCUT2D eigenvalue weighted by atomic mass is 9.79. The van der Waals surface area contributed by atoms with E-state index in [-0.39, 0.29) is 38.7 Å². The van der Waals surface area contributed by atoms with Crippen LogP contribution < -0.4 is 15.5 Å². The molecule has 0 saturated carbocycles. The summed E-state index contributed by atoms with van der Waals surface area (Å²) in [4.78, 5) is 23.1. The molecule has 0 fully saturated rings. The molecule has 0 unspecified atom stereocenters. The minimum atomic E-state index is -1.53. The number of benzene rings is 1. The number of nitrogens with one attached hydrogen (secondary N) is 1. The van der Waals surface area contributed by atoms with Crippen molar-refractivity contribution < 1.29 is 19.8 Å². The van der Waals surface area contributed by atoms with Crippen LogP contribution in [-0.2, 0) is 9.59 Å². The fourth-order valence-corrected chi connectivity index (χ4v) is 2.97. The number of aliphatic carboxylic acids is 2. The van der Waals surface area contributed by atoms with Gasteiger partial charge in [-0.3, -0.25) is 0 Å². The number of carbonyl (C=O) groups is 2. The number of halogens is 1. The van der Waals surface area contributed by atoms with Crippen LogP contribution in [0.4, 0.5) is 0 Å². The number of allylic oxidation sites excluding steroid dienone is 2. The Balaban J connectivity index is 2.84. The molecule has 1 N–H and O–H groups in total. The summed E-state index contributed by atoms with van der Waals surface area (Å²) in [5.74, 6) is -4.27. The molecule has 0 atom stereocenters. The van der Waals surface area contributed by atoms with Gasteiger partial charge in [-0.15, -0.1) is 0 Å². The summed E-state index contributed by atoms with van der Waals surface area (Å²) in [6.07, 6.45) is 0. The van der Waals surface area contributed by atoms with Crippen molar-refractivity contribution in [3.63, 3.8) is 0 Å². The maximum atomic E-state index is 11.5. The molecule has 23 heavy (non-hydrogen) atoms. The highest BCUT2D eigenvalue weighted by Gasteiger charge is 2.32. The van der Waals surface area contributed by atoms with Crippen molar-refractivity contribution in [2.24, 2.45) is 0 Å². The van der Waals surface area contributed by atoms with E-state index in [2.05, 4.69) is 5.32 Å². The Labute approximate surface area is 137 Å². The lowest BCUT2D eigenvalue weighted by molar-refractivity contribution is -0.300. The fraction of sp³-hybridized carbons (Fsp3) is 0.188. The van der Waals surface area contributed by atoms with E-state index >= 15 is 0 Å². The van der Waals surface area contributed by atoms with Gasteiger partial charge >= 0.3 is 0 Å². The molecule has 118 valence electrons. The topological polar surface area (TPSA) is 116 Å². The number of rotatable bonds is 3. The van der Waals surface area contributed by atoms with Gasteiger partial charge in [-0.2, -0.15) is 5.26 Å².